The second-order valence-electron chi connectivity index (χ2n) is 11.6. The third-order valence-corrected chi connectivity index (χ3v) is 15.9. The van der Waals surface area contributed by atoms with E-state index in [1.807, 2.05) is 0 Å². The molecular formula is C32H40Si2. The van der Waals surface area contributed by atoms with Crippen LogP contribution in [0.3, 0.4) is 0 Å². The molecule has 0 aliphatic heterocycles. The summed E-state index contributed by atoms with van der Waals surface area (Å²) in [6, 6.07) is 28.4. The molecule has 0 saturated heterocycles. The molecule has 0 fully saturated rings. The lowest BCUT2D eigenvalue weighted by Gasteiger charge is -2.47. The summed E-state index contributed by atoms with van der Waals surface area (Å²) in [5.74, 6) is 0. The summed E-state index contributed by atoms with van der Waals surface area (Å²) in [4.78, 5) is 0. The van der Waals surface area contributed by atoms with Crippen LogP contribution in [0.15, 0.2) is 95.6 Å². The molecule has 1 aliphatic carbocycles. The summed E-state index contributed by atoms with van der Waals surface area (Å²) < 4.78 is 0. The molecular weight excluding hydrogens is 441 g/mol. The van der Waals surface area contributed by atoms with Crippen molar-refractivity contribution in [3.05, 3.63) is 107 Å². The first-order valence-corrected chi connectivity index (χ1v) is 18.0. The molecule has 1 aliphatic rings. The summed E-state index contributed by atoms with van der Waals surface area (Å²) in [7, 11) is -4.05. The molecule has 0 heterocycles. The third kappa shape index (κ3) is 3.81. The fourth-order valence-corrected chi connectivity index (χ4v) is 13.8. The molecule has 2 unspecified atom stereocenters. The van der Waals surface area contributed by atoms with Crippen molar-refractivity contribution in [3.8, 4) is 0 Å². The van der Waals surface area contributed by atoms with E-state index in [2.05, 4.69) is 140 Å². The van der Waals surface area contributed by atoms with E-state index < -0.39 is 16.1 Å². The molecule has 0 saturated carbocycles. The Morgan fingerprint density at radius 3 is 1.74 bits per heavy atom. The third-order valence-electron chi connectivity index (χ3n) is 8.25. The van der Waals surface area contributed by atoms with E-state index in [0.29, 0.717) is 0 Å². The van der Waals surface area contributed by atoms with Gasteiger partial charge in [0.2, 0.25) is 0 Å². The first kappa shape index (κ1) is 24.7. The summed E-state index contributed by atoms with van der Waals surface area (Å²) in [6.07, 6.45) is 2.61. The Kier molecular flexibility index (Phi) is 6.29. The monoisotopic (exact) mass is 480 g/mol. The molecule has 0 spiro atoms. The number of hydrogen-bond donors (Lipinski definition) is 0. The molecule has 4 rings (SSSR count). The second-order valence-corrected chi connectivity index (χ2v) is 21.0. The van der Waals surface area contributed by atoms with Crippen molar-refractivity contribution in [1.82, 2.24) is 0 Å². The maximum absolute atomic E-state index is 2.61. The van der Waals surface area contributed by atoms with Gasteiger partial charge in [-0.05, 0) is 55.8 Å². The standard InChI is InChI=1S/C32H40Si2/c1-23-14-13-17-29(18-23)34(28-15-11-10-12-16-28,32(6)22-25(3)26(4)27(32)5)31-20-24(2)19-30(21-31)33(7,8)9/h10-22H,1-9H3. The summed E-state index contributed by atoms with van der Waals surface area (Å²) in [5, 5.41) is 6.05. The van der Waals surface area contributed by atoms with Crippen molar-refractivity contribution in [2.75, 3.05) is 0 Å². The van der Waals surface area contributed by atoms with E-state index in [1.165, 1.54) is 38.2 Å². The molecule has 2 heteroatoms. The van der Waals surface area contributed by atoms with Crippen LogP contribution in [0.4, 0.5) is 0 Å². The number of allylic oxidation sites excluding steroid dienone is 4. The van der Waals surface area contributed by atoms with Crippen LogP contribution >= 0.6 is 0 Å². The van der Waals surface area contributed by atoms with Gasteiger partial charge in [0.1, 0.15) is 0 Å². The van der Waals surface area contributed by atoms with Crippen molar-refractivity contribution in [3.63, 3.8) is 0 Å². The summed E-state index contributed by atoms with van der Waals surface area (Å²) in [5.41, 5.74) is 7.14. The summed E-state index contributed by atoms with van der Waals surface area (Å²) >= 11 is 0. The van der Waals surface area contributed by atoms with Crippen molar-refractivity contribution >= 4 is 36.9 Å². The maximum Gasteiger partial charge on any atom is 0.161 e. The van der Waals surface area contributed by atoms with E-state index in [0.717, 1.165) is 0 Å². The zero-order valence-electron chi connectivity index (χ0n) is 22.5. The van der Waals surface area contributed by atoms with Crippen LogP contribution in [0.1, 0.15) is 38.8 Å². The number of benzene rings is 3. The van der Waals surface area contributed by atoms with Gasteiger partial charge in [0, 0.05) is 5.04 Å². The number of aryl methyl sites for hydroxylation is 2. The molecule has 0 bridgehead atoms. The van der Waals surface area contributed by atoms with Crippen LogP contribution < -0.4 is 20.7 Å². The lowest BCUT2D eigenvalue weighted by molar-refractivity contribution is 0.870. The highest BCUT2D eigenvalue weighted by Crippen LogP contribution is 2.52. The van der Waals surface area contributed by atoms with E-state index in [4.69, 9.17) is 0 Å². The highest BCUT2D eigenvalue weighted by Gasteiger charge is 2.56. The largest absolute Gasteiger partial charge is 0.161 e. The van der Waals surface area contributed by atoms with Crippen LogP contribution in [-0.2, 0) is 0 Å². The van der Waals surface area contributed by atoms with E-state index in [-0.39, 0.29) is 5.04 Å². The average molecular weight is 481 g/mol. The molecule has 0 amide bonds. The number of hydrogen-bond acceptors (Lipinski definition) is 0. The van der Waals surface area contributed by atoms with Crippen molar-refractivity contribution < 1.29 is 0 Å². The van der Waals surface area contributed by atoms with Gasteiger partial charge < -0.3 is 0 Å². The molecule has 3 aromatic carbocycles. The minimum atomic E-state index is -2.55. The van der Waals surface area contributed by atoms with Gasteiger partial charge in [-0.15, -0.1) is 0 Å². The van der Waals surface area contributed by atoms with Gasteiger partial charge in [-0.1, -0.05) is 133 Å². The summed E-state index contributed by atoms with van der Waals surface area (Å²) in [6.45, 7) is 21.5. The predicted octanol–water partition coefficient (Wildman–Crippen LogP) is 6.38. The van der Waals surface area contributed by atoms with Gasteiger partial charge in [-0.2, -0.15) is 0 Å². The average Bonchev–Trinajstić information content (AvgIpc) is 2.97. The van der Waals surface area contributed by atoms with Crippen molar-refractivity contribution in [2.24, 2.45) is 0 Å². The van der Waals surface area contributed by atoms with E-state index in [1.54, 1.807) is 10.4 Å². The first-order valence-electron chi connectivity index (χ1n) is 12.5. The van der Waals surface area contributed by atoms with Crippen LogP contribution in [-0.4, -0.2) is 16.1 Å². The Labute approximate surface area is 209 Å². The lowest BCUT2D eigenvalue weighted by Crippen LogP contribution is -2.73. The normalized spacial score (nSPS) is 20.3. The van der Waals surface area contributed by atoms with Crippen LogP contribution in [0.5, 0.6) is 0 Å². The molecule has 0 aromatic heterocycles. The molecule has 0 radical (unpaired) electrons. The Hall–Kier alpha value is -2.43. The fourth-order valence-electron chi connectivity index (χ4n) is 6.12. The SMILES string of the molecule is CC1=CC(C)([Si](c2ccccc2)(c2cccc(C)c2)c2cc(C)cc([Si](C)(C)C)c2)C(C)=C1C. The highest BCUT2D eigenvalue weighted by atomic mass is 28.3. The van der Waals surface area contributed by atoms with Gasteiger partial charge in [-0.25, -0.2) is 0 Å². The second kappa shape index (κ2) is 8.66. The lowest BCUT2D eigenvalue weighted by atomic mass is 10.0. The predicted molar refractivity (Wildman–Crippen MR) is 157 cm³/mol. The van der Waals surface area contributed by atoms with E-state index >= 15 is 0 Å². The fraction of sp³-hybridized carbons (Fsp3) is 0.312. The Bertz CT molecular complexity index is 1290. The minimum Gasteiger partial charge on any atom is -0.0730 e. The smallest absolute Gasteiger partial charge is 0.0730 e. The van der Waals surface area contributed by atoms with Gasteiger partial charge in [-0.3, -0.25) is 0 Å². The van der Waals surface area contributed by atoms with Gasteiger partial charge >= 0.3 is 0 Å². The Morgan fingerprint density at radius 1 is 0.588 bits per heavy atom. The first-order chi connectivity index (χ1) is 15.9. The Balaban J connectivity index is 2.25. The van der Waals surface area contributed by atoms with E-state index in [9.17, 15) is 0 Å². The number of rotatable bonds is 5. The molecule has 0 nitrogen and oxygen atoms in total. The molecule has 0 N–H and O–H groups in total. The zero-order chi connectivity index (χ0) is 24.9. The van der Waals surface area contributed by atoms with Gasteiger partial charge in [0.25, 0.3) is 0 Å². The van der Waals surface area contributed by atoms with Gasteiger partial charge in [0.05, 0.1) is 8.07 Å². The quantitative estimate of drug-likeness (QED) is 0.294. The van der Waals surface area contributed by atoms with Crippen LogP contribution in [0.25, 0.3) is 0 Å². The molecule has 34 heavy (non-hydrogen) atoms. The van der Waals surface area contributed by atoms with Crippen LogP contribution in [0.2, 0.25) is 24.7 Å². The van der Waals surface area contributed by atoms with Crippen LogP contribution in [0, 0.1) is 13.8 Å². The maximum atomic E-state index is 2.61. The molecule has 2 atom stereocenters. The zero-order valence-corrected chi connectivity index (χ0v) is 24.5. The molecule has 176 valence electrons. The Morgan fingerprint density at radius 2 is 1.18 bits per heavy atom. The van der Waals surface area contributed by atoms with Gasteiger partial charge in [0.15, 0.2) is 8.07 Å². The molecule has 3 aromatic rings. The van der Waals surface area contributed by atoms with Crippen molar-refractivity contribution in [1.29, 1.82) is 0 Å². The van der Waals surface area contributed by atoms with Crippen molar-refractivity contribution in [2.45, 2.75) is 66.2 Å². The minimum absolute atomic E-state index is 0.0547. The topological polar surface area (TPSA) is 0 Å². The highest BCUT2D eigenvalue weighted by molar-refractivity contribution is 7.14.